The minimum atomic E-state index is 0.127. The van der Waals surface area contributed by atoms with E-state index in [-0.39, 0.29) is 5.88 Å². The zero-order chi connectivity index (χ0) is 13.1. The van der Waals surface area contributed by atoms with Crippen molar-refractivity contribution in [2.45, 2.75) is 6.42 Å². The van der Waals surface area contributed by atoms with Crippen LogP contribution in [0.1, 0.15) is 10.6 Å². The van der Waals surface area contributed by atoms with Crippen molar-refractivity contribution in [3.8, 4) is 16.3 Å². The van der Waals surface area contributed by atoms with E-state index in [0.29, 0.717) is 0 Å². The number of hydrogen-bond acceptors (Lipinski definition) is 3. The minimum absolute atomic E-state index is 0.127. The molecule has 0 aliphatic carbocycles. The quantitative estimate of drug-likeness (QED) is 0.774. The zero-order valence-corrected chi connectivity index (χ0v) is 11.1. The molecule has 0 radical (unpaired) electrons. The highest BCUT2D eigenvalue weighted by atomic mass is 32.1. The van der Waals surface area contributed by atoms with Crippen molar-refractivity contribution in [1.82, 2.24) is 4.98 Å². The van der Waals surface area contributed by atoms with Gasteiger partial charge in [-0.15, -0.1) is 11.3 Å². The van der Waals surface area contributed by atoms with Gasteiger partial charge in [-0.3, -0.25) is 0 Å². The lowest BCUT2D eigenvalue weighted by Gasteiger charge is -1.96. The molecule has 0 bridgehead atoms. The summed E-state index contributed by atoms with van der Waals surface area (Å²) in [7, 11) is 0. The molecule has 1 N–H and O–H groups in total. The average Bonchev–Trinajstić information content (AvgIpc) is 2.82. The van der Waals surface area contributed by atoms with Gasteiger partial charge < -0.3 is 5.11 Å². The first-order valence-electron chi connectivity index (χ1n) is 6.11. The van der Waals surface area contributed by atoms with Crippen LogP contribution in [0.25, 0.3) is 10.4 Å². The van der Waals surface area contributed by atoms with Crippen LogP contribution >= 0.6 is 11.3 Å². The Morgan fingerprint density at radius 2 is 1.53 bits per heavy atom. The van der Waals surface area contributed by atoms with Gasteiger partial charge in [-0.05, 0) is 11.1 Å². The third-order valence-electron chi connectivity index (χ3n) is 2.89. The van der Waals surface area contributed by atoms with Crippen molar-refractivity contribution < 1.29 is 5.11 Å². The molecule has 1 heterocycles. The summed E-state index contributed by atoms with van der Waals surface area (Å²) in [5, 5.41) is 10.9. The topological polar surface area (TPSA) is 33.1 Å². The second kappa shape index (κ2) is 5.24. The van der Waals surface area contributed by atoms with E-state index in [9.17, 15) is 5.11 Å². The van der Waals surface area contributed by atoms with Crippen LogP contribution in [0.2, 0.25) is 0 Å². The van der Waals surface area contributed by atoms with Gasteiger partial charge in [0, 0.05) is 6.42 Å². The number of aromatic hydroxyl groups is 1. The van der Waals surface area contributed by atoms with E-state index in [1.54, 1.807) is 11.3 Å². The van der Waals surface area contributed by atoms with Gasteiger partial charge in [-0.25, -0.2) is 4.98 Å². The van der Waals surface area contributed by atoms with Crippen molar-refractivity contribution in [2.75, 3.05) is 0 Å². The molecule has 3 heteroatoms. The zero-order valence-electron chi connectivity index (χ0n) is 10.3. The molecule has 94 valence electrons. The Morgan fingerprint density at radius 3 is 2.21 bits per heavy atom. The van der Waals surface area contributed by atoms with E-state index in [0.717, 1.165) is 21.9 Å². The maximum absolute atomic E-state index is 9.96. The standard InChI is InChI=1S/C16H13NOS/c18-16-15(13-9-5-2-6-10-13)19-14(17-16)11-12-7-3-1-4-8-12/h1-10,18H,11H2. The van der Waals surface area contributed by atoms with Crippen molar-refractivity contribution in [1.29, 1.82) is 0 Å². The molecule has 0 unspecified atom stereocenters. The summed E-state index contributed by atoms with van der Waals surface area (Å²) >= 11 is 1.55. The van der Waals surface area contributed by atoms with Crippen LogP contribution in [-0.2, 0) is 6.42 Å². The summed E-state index contributed by atoms with van der Waals surface area (Å²) in [6.45, 7) is 0. The molecule has 0 fully saturated rings. The highest BCUT2D eigenvalue weighted by molar-refractivity contribution is 7.15. The summed E-state index contributed by atoms with van der Waals surface area (Å²) in [5.41, 5.74) is 2.22. The number of aromatic nitrogens is 1. The van der Waals surface area contributed by atoms with Gasteiger partial charge in [0.1, 0.15) is 5.01 Å². The molecule has 3 rings (SSSR count). The van der Waals surface area contributed by atoms with E-state index in [4.69, 9.17) is 0 Å². The number of nitrogens with zero attached hydrogens (tertiary/aromatic N) is 1. The summed E-state index contributed by atoms with van der Waals surface area (Å²) < 4.78 is 0. The second-order valence-electron chi connectivity index (χ2n) is 4.29. The van der Waals surface area contributed by atoms with Gasteiger partial charge in [0.25, 0.3) is 0 Å². The number of rotatable bonds is 3. The van der Waals surface area contributed by atoms with Gasteiger partial charge in [-0.1, -0.05) is 60.7 Å². The van der Waals surface area contributed by atoms with E-state index in [1.165, 1.54) is 5.56 Å². The van der Waals surface area contributed by atoms with Crippen LogP contribution in [0.4, 0.5) is 0 Å². The van der Waals surface area contributed by atoms with E-state index in [1.807, 2.05) is 48.5 Å². The van der Waals surface area contributed by atoms with Gasteiger partial charge in [-0.2, -0.15) is 0 Å². The molecule has 3 aromatic rings. The van der Waals surface area contributed by atoms with Gasteiger partial charge >= 0.3 is 0 Å². The maximum Gasteiger partial charge on any atom is 0.230 e. The lowest BCUT2D eigenvalue weighted by atomic mass is 10.2. The molecule has 0 aliphatic rings. The molecule has 19 heavy (non-hydrogen) atoms. The van der Waals surface area contributed by atoms with Crippen LogP contribution in [0.15, 0.2) is 60.7 Å². The largest absolute Gasteiger partial charge is 0.492 e. The third kappa shape index (κ3) is 2.66. The molecular formula is C16H13NOS. The summed E-state index contributed by atoms with van der Waals surface area (Å²) in [4.78, 5) is 5.10. The third-order valence-corrected chi connectivity index (χ3v) is 3.98. The molecule has 0 amide bonds. The highest BCUT2D eigenvalue weighted by Gasteiger charge is 2.12. The molecule has 2 nitrogen and oxygen atoms in total. The molecule has 0 atom stereocenters. The lowest BCUT2D eigenvalue weighted by Crippen LogP contribution is -1.85. The van der Waals surface area contributed by atoms with Gasteiger partial charge in [0.15, 0.2) is 0 Å². The summed E-state index contributed by atoms with van der Waals surface area (Å²) in [5.74, 6) is 0.127. The number of benzene rings is 2. The Hall–Kier alpha value is -2.13. The maximum atomic E-state index is 9.96. The van der Waals surface area contributed by atoms with Gasteiger partial charge in [0.05, 0.1) is 4.88 Å². The van der Waals surface area contributed by atoms with Crippen molar-refractivity contribution >= 4 is 11.3 Å². The summed E-state index contributed by atoms with van der Waals surface area (Å²) in [6, 6.07) is 20.0. The Bertz CT molecular complexity index is 662. The normalized spacial score (nSPS) is 10.5. The Kier molecular flexibility index (Phi) is 3.29. The lowest BCUT2D eigenvalue weighted by molar-refractivity contribution is 0.458. The predicted molar refractivity (Wildman–Crippen MR) is 78.5 cm³/mol. The van der Waals surface area contributed by atoms with Crippen LogP contribution in [0.3, 0.4) is 0 Å². The van der Waals surface area contributed by atoms with E-state index >= 15 is 0 Å². The first-order chi connectivity index (χ1) is 9.33. The van der Waals surface area contributed by atoms with Gasteiger partial charge in [0.2, 0.25) is 5.88 Å². The average molecular weight is 267 g/mol. The Balaban J connectivity index is 1.90. The molecule has 0 saturated heterocycles. The summed E-state index contributed by atoms with van der Waals surface area (Å²) in [6.07, 6.45) is 0.756. The number of hydrogen-bond donors (Lipinski definition) is 1. The van der Waals surface area contributed by atoms with Crippen molar-refractivity contribution in [3.05, 3.63) is 71.2 Å². The SMILES string of the molecule is Oc1nc(Cc2ccccc2)sc1-c1ccccc1. The monoisotopic (exact) mass is 267 g/mol. The smallest absolute Gasteiger partial charge is 0.230 e. The molecule has 0 saturated carbocycles. The fraction of sp³-hybridized carbons (Fsp3) is 0.0625. The Labute approximate surface area is 116 Å². The molecule has 2 aromatic carbocycles. The predicted octanol–water partition coefficient (Wildman–Crippen LogP) is 4.11. The fourth-order valence-corrected chi connectivity index (χ4v) is 2.98. The molecule has 1 aromatic heterocycles. The first-order valence-corrected chi connectivity index (χ1v) is 6.92. The fourth-order valence-electron chi connectivity index (χ4n) is 1.98. The molecular weight excluding hydrogens is 254 g/mol. The van der Waals surface area contributed by atoms with E-state index < -0.39 is 0 Å². The Morgan fingerprint density at radius 1 is 0.895 bits per heavy atom. The van der Waals surface area contributed by atoms with Crippen LogP contribution in [0, 0.1) is 0 Å². The highest BCUT2D eigenvalue weighted by Crippen LogP contribution is 2.35. The van der Waals surface area contributed by atoms with E-state index in [2.05, 4.69) is 17.1 Å². The van der Waals surface area contributed by atoms with Crippen molar-refractivity contribution in [3.63, 3.8) is 0 Å². The van der Waals surface area contributed by atoms with Crippen LogP contribution in [0.5, 0.6) is 5.88 Å². The van der Waals surface area contributed by atoms with Crippen LogP contribution < -0.4 is 0 Å². The van der Waals surface area contributed by atoms with Crippen molar-refractivity contribution in [2.24, 2.45) is 0 Å². The second-order valence-corrected chi connectivity index (χ2v) is 5.37. The van der Waals surface area contributed by atoms with Crippen LogP contribution in [-0.4, -0.2) is 10.1 Å². The number of thiazole rings is 1. The molecule has 0 spiro atoms. The molecule has 0 aliphatic heterocycles. The first kappa shape index (κ1) is 11.9. The minimum Gasteiger partial charge on any atom is -0.492 e.